The summed E-state index contributed by atoms with van der Waals surface area (Å²) in [5.74, 6) is -0.0357. The maximum absolute atomic E-state index is 12.2. The van der Waals surface area contributed by atoms with Crippen LogP contribution in [0.1, 0.15) is 48.4 Å². The molecule has 124 valence electrons. The number of morpholine rings is 1. The summed E-state index contributed by atoms with van der Waals surface area (Å²) in [4.78, 5) is 25.5. The Labute approximate surface area is 135 Å². The zero-order valence-corrected chi connectivity index (χ0v) is 13.7. The van der Waals surface area contributed by atoms with Crippen LogP contribution in [0.25, 0.3) is 0 Å². The van der Waals surface area contributed by atoms with E-state index in [1.54, 1.807) is 4.90 Å². The Balaban J connectivity index is 1.72. The van der Waals surface area contributed by atoms with Gasteiger partial charge in [-0.2, -0.15) is 0 Å². The largest absolute Gasteiger partial charge is 0.444 e. The molecule has 23 heavy (non-hydrogen) atoms. The number of hydrogen-bond acceptors (Lipinski definition) is 4. The third-order valence-corrected chi connectivity index (χ3v) is 3.90. The Bertz CT molecular complexity index is 636. The van der Waals surface area contributed by atoms with Crippen molar-refractivity contribution in [2.45, 2.75) is 39.0 Å². The van der Waals surface area contributed by atoms with Gasteiger partial charge in [-0.05, 0) is 38.0 Å². The quantitative estimate of drug-likeness (QED) is 0.862. The molecule has 0 radical (unpaired) electrons. The van der Waals surface area contributed by atoms with Crippen molar-refractivity contribution in [2.24, 2.45) is 0 Å². The van der Waals surface area contributed by atoms with Gasteiger partial charge in [0.2, 0.25) is 0 Å². The number of carbonyl (C=O) groups excluding carboxylic acids is 2. The zero-order valence-electron chi connectivity index (χ0n) is 13.7. The fraction of sp³-hybridized carbons (Fsp3) is 0.529. The average molecular weight is 318 g/mol. The monoisotopic (exact) mass is 318 g/mol. The molecule has 6 nitrogen and oxygen atoms in total. The third kappa shape index (κ3) is 3.47. The van der Waals surface area contributed by atoms with Gasteiger partial charge in [0.1, 0.15) is 11.7 Å². The van der Waals surface area contributed by atoms with Crippen molar-refractivity contribution in [1.29, 1.82) is 0 Å². The van der Waals surface area contributed by atoms with Gasteiger partial charge in [-0.25, -0.2) is 4.79 Å². The first-order chi connectivity index (χ1) is 10.8. The maximum Gasteiger partial charge on any atom is 0.410 e. The predicted molar refractivity (Wildman–Crippen MR) is 84.1 cm³/mol. The van der Waals surface area contributed by atoms with Gasteiger partial charge in [-0.3, -0.25) is 4.79 Å². The number of ether oxygens (including phenoxy) is 2. The lowest BCUT2D eigenvalue weighted by Crippen LogP contribution is -2.44. The van der Waals surface area contributed by atoms with Gasteiger partial charge >= 0.3 is 6.09 Å². The van der Waals surface area contributed by atoms with Gasteiger partial charge < -0.3 is 19.7 Å². The Morgan fingerprint density at radius 2 is 2.17 bits per heavy atom. The number of nitrogens with zero attached hydrogens (tertiary/aromatic N) is 1. The first-order valence-electron chi connectivity index (χ1n) is 7.84. The SMILES string of the molecule is CC(C)(C)OC(=O)N1CCOC(c2ccc3c(c2)CNC3=O)C1. The molecule has 2 heterocycles. The molecule has 1 aromatic rings. The Kier molecular flexibility index (Phi) is 4.02. The highest BCUT2D eigenvalue weighted by atomic mass is 16.6. The summed E-state index contributed by atoms with van der Waals surface area (Å²) in [7, 11) is 0. The van der Waals surface area contributed by atoms with E-state index >= 15 is 0 Å². The maximum atomic E-state index is 12.2. The van der Waals surface area contributed by atoms with E-state index in [0.29, 0.717) is 31.8 Å². The minimum absolute atomic E-state index is 0.0357. The van der Waals surface area contributed by atoms with Crippen molar-refractivity contribution in [1.82, 2.24) is 10.2 Å². The van der Waals surface area contributed by atoms with E-state index in [-0.39, 0.29) is 18.1 Å². The van der Waals surface area contributed by atoms with Gasteiger partial charge in [0.15, 0.2) is 0 Å². The molecule has 1 saturated heterocycles. The third-order valence-electron chi connectivity index (χ3n) is 3.90. The zero-order chi connectivity index (χ0) is 16.6. The Hall–Kier alpha value is -2.08. The number of amides is 2. The molecule has 1 aromatic carbocycles. The predicted octanol–water partition coefficient (Wildman–Crippen LogP) is 2.24. The van der Waals surface area contributed by atoms with E-state index < -0.39 is 5.60 Å². The highest BCUT2D eigenvalue weighted by Crippen LogP contribution is 2.27. The molecule has 0 spiro atoms. The average Bonchev–Trinajstić information content (AvgIpc) is 2.87. The molecular formula is C17H22N2O4. The van der Waals surface area contributed by atoms with Crippen LogP contribution in [0, 0.1) is 0 Å². The molecule has 1 unspecified atom stereocenters. The summed E-state index contributed by atoms with van der Waals surface area (Å²) in [6, 6.07) is 5.70. The number of carbonyl (C=O) groups is 2. The van der Waals surface area contributed by atoms with Crippen LogP contribution in [-0.2, 0) is 16.0 Å². The second-order valence-electron chi connectivity index (χ2n) is 6.89. The van der Waals surface area contributed by atoms with Crippen molar-refractivity contribution < 1.29 is 19.1 Å². The molecule has 0 aromatic heterocycles. The van der Waals surface area contributed by atoms with Gasteiger partial charge in [0.05, 0.1) is 13.2 Å². The van der Waals surface area contributed by atoms with Crippen molar-refractivity contribution in [3.63, 3.8) is 0 Å². The van der Waals surface area contributed by atoms with Gasteiger partial charge in [0, 0.05) is 18.7 Å². The number of rotatable bonds is 1. The van der Waals surface area contributed by atoms with Crippen LogP contribution in [0.15, 0.2) is 18.2 Å². The molecule has 3 rings (SSSR count). The summed E-state index contributed by atoms with van der Waals surface area (Å²) >= 11 is 0. The molecule has 0 saturated carbocycles. The van der Waals surface area contributed by atoms with Crippen LogP contribution in [0.5, 0.6) is 0 Å². The second-order valence-corrected chi connectivity index (χ2v) is 6.89. The van der Waals surface area contributed by atoms with E-state index in [4.69, 9.17) is 9.47 Å². The Morgan fingerprint density at radius 3 is 2.91 bits per heavy atom. The van der Waals surface area contributed by atoms with E-state index in [9.17, 15) is 9.59 Å². The fourth-order valence-corrected chi connectivity index (χ4v) is 2.80. The number of nitrogens with one attached hydrogen (secondary N) is 1. The molecule has 1 N–H and O–H groups in total. The van der Waals surface area contributed by atoms with Crippen molar-refractivity contribution in [3.05, 3.63) is 34.9 Å². The summed E-state index contributed by atoms with van der Waals surface area (Å²) in [6.07, 6.45) is -0.513. The molecular weight excluding hydrogens is 296 g/mol. The molecule has 6 heteroatoms. The second kappa shape index (κ2) is 5.85. The summed E-state index contributed by atoms with van der Waals surface area (Å²) in [5.41, 5.74) is 2.16. The van der Waals surface area contributed by atoms with Crippen LogP contribution >= 0.6 is 0 Å². The molecule has 2 aliphatic heterocycles. The van der Waals surface area contributed by atoms with Gasteiger partial charge in [0.25, 0.3) is 5.91 Å². The standard InChI is InChI=1S/C17H22N2O4/c1-17(2,3)23-16(21)19-6-7-22-14(10-19)11-4-5-13-12(8-11)9-18-15(13)20/h4-5,8,14H,6-7,9-10H2,1-3H3,(H,18,20). The summed E-state index contributed by atoms with van der Waals surface area (Å²) in [6.45, 7) is 7.56. The van der Waals surface area contributed by atoms with Crippen LogP contribution < -0.4 is 5.32 Å². The molecule has 0 aliphatic carbocycles. The molecule has 2 aliphatic rings. The van der Waals surface area contributed by atoms with Gasteiger partial charge in [-0.1, -0.05) is 12.1 Å². The normalized spacial score (nSPS) is 20.9. The molecule has 2 amide bonds. The van der Waals surface area contributed by atoms with Crippen LogP contribution in [0.2, 0.25) is 0 Å². The van der Waals surface area contributed by atoms with Crippen molar-refractivity contribution in [3.8, 4) is 0 Å². The van der Waals surface area contributed by atoms with Crippen molar-refractivity contribution >= 4 is 12.0 Å². The highest BCUT2D eigenvalue weighted by Gasteiger charge is 2.30. The van der Waals surface area contributed by atoms with Crippen molar-refractivity contribution in [2.75, 3.05) is 19.7 Å². The molecule has 0 bridgehead atoms. The lowest BCUT2D eigenvalue weighted by molar-refractivity contribution is -0.0433. The highest BCUT2D eigenvalue weighted by molar-refractivity contribution is 5.98. The first kappa shape index (κ1) is 15.8. The summed E-state index contributed by atoms with van der Waals surface area (Å²) in [5, 5.41) is 2.80. The van der Waals surface area contributed by atoms with Gasteiger partial charge in [-0.15, -0.1) is 0 Å². The van der Waals surface area contributed by atoms with E-state index in [0.717, 1.165) is 11.1 Å². The number of hydrogen-bond donors (Lipinski definition) is 1. The lowest BCUT2D eigenvalue weighted by atomic mass is 10.0. The molecule has 1 atom stereocenters. The van der Waals surface area contributed by atoms with E-state index in [2.05, 4.69) is 5.32 Å². The van der Waals surface area contributed by atoms with Crippen LogP contribution in [0.3, 0.4) is 0 Å². The summed E-state index contributed by atoms with van der Waals surface area (Å²) < 4.78 is 11.2. The topological polar surface area (TPSA) is 67.9 Å². The minimum Gasteiger partial charge on any atom is -0.444 e. The minimum atomic E-state index is -0.509. The fourth-order valence-electron chi connectivity index (χ4n) is 2.80. The van der Waals surface area contributed by atoms with Crippen LogP contribution in [-0.4, -0.2) is 42.2 Å². The van der Waals surface area contributed by atoms with E-state index in [1.165, 1.54) is 0 Å². The Morgan fingerprint density at radius 1 is 1.39 bits per heavy atom. The smallest absolute Gasteiger partial charge is 0.410 e. The first-order valence-corrected chi connectivity index (χ1v) is 7.84. The number of benzene rings is 1. The molecule has 1 fully saturated rings. The lowest BCUT2D eigenvalue weighted by Gasteiger charge is -2.34. The van der Waals surface area contributed by atoms with E-state index in [1.807, 2.05) is 39.0 Å². The van der Waals surface area contributed by atoms with Crippen LogP contribution in [0.4, 0.5) is 4.79 Å². The number of fused-ring (bicyclic) bond motifs is 1.